The monoisotopic (exact) mass is 366 g/mol. The molecule has 7 heteroatoms. The molecule has 1 heterocycles. The lowest BCUT2D eigenvalue weighted by Gasteiger charge is -2.29. The highest BCUT2D eigenvalue weighted by Crippen LogP contribution is 2.49. The molecule has 1 aromatic rings. The Balaban J connectivity index is 2.44. The maximum atomic E-state index is 14.5. The first-order valence-corrected chi connectivity index (χ1v) is 8.64. The maximum absolute atomic E-state index is 14.5. The molecule has 144 valence electrons. The van der Waals surface area contributed by atoms with Crippen molar-refractivity contribution in [2.75, 3.05) is 4.90 Å². The highest BCUT2D eigenvalue weighted by molar-refractivity contribution is 6.09. The van der Waals surface area contributed by atoms with Crippen LogP contribution in [0.4, 0.5) is 19.7 Å². The molecule has 0 N–H and O–H groups in total. The zero-order valence-electron chi connectivity index (χ0n) is 16.5. The summed E-state index contributed by atoms with van der Waals surface area (Å²) >= 11 is 0. The second-order valence-corrected chi connectivity index (χ2v) is 8.61. The van der Waals surface area contributed by atoms with Crippen molar-refractivity contribution in [2.45, 2.75) is 78.2 Å². The SMILES string of the molecule is Cc1cc(N(C(=O)OC(C)(C)C)C(=O)OC(C)(C)C)cc(C2(F)CC2)n1. The smallest absolute Gasteiger partial charge is 0.424 e. The van der Waals surface area contributed by atoms with Crippen LogP contribution in [0.5, 0.6) is 0 Å². The topological polar surface area (TPSA) is 68.7 Å². The molecule has 0 spiro atoms. The van der Waals surface area contributed by atoms with Crippen LogP contribution < -0.4 is 4.90 Å². The highest BCUT2D eigenvalue weighted by atomic mass is 19.1. The average molecular weight is 366 g/mol. The number of carbonyl (C=O) groups excluding carboxylic acids is 2. The summed E-state index contributed by atoms with van der Waals surface area (Å²) in [6, 6.07) is 2.94. The Labute approximate surface area is 153 Å². The van der Waals surface area contributed by atoms with Crippen LogP contribution in [0.15, 0.2) is 12.1 Å². The largest absolute Gasteiger partial charge is 0.443 e. The quantitative estimate of drug-likeness (QED) is 0.735. The van der Waals surface area contributed by atoms with E-state index in [1.54, 1.807) is 48.5 Å². The summed E-state index contributed by atoms with van der Waals surface area (Å²) in [5.41, 5.74) is -2.21. The summed E-state index contributed by atoms with van der Waals surface area (Å²) < 4.78 is 25.2. The van der Waals surface area contributed by atoms with E-state index in [1.165, 1.54) is 12.1 Å². The lowest BCUT2D eigenvalue weighted by Crippen LogP contribution is -2.44. The molecule has 1 aliphatic carbocycles. The molecule has 1 aromatic heterocycles. The van der Waals surface area contributed by atoms with Crippen molar-refractivity contribution in [3.05, 3.63) is 23.5 Å². The minimum atomic E-state index is -1.49. The van der Waals surface area contributed by atoms with E-state index in [0.717, 1.165) is 4.90 Å². The van der Waals surface area contributed by atoms with E-state index < -0.39 is 29.1 Å². The zero-order valence-corrected chi connectivity index (χ0v) is 16.5. The number of amides is 2. The first-order chi connectivity index (χ1) is 11.7. The van der Waals surface area contributed by atoms with E-state index >= 15 is 0 Å². The van der Waals surface area contributed by atoms with Gasteiger partial charge in [-0.05, 0) is 73.4 Å². The fourth-order valence-corrected chi connectivity index (χ4v) is 2.28. The van der Waals surface area contributed by atoms with E-state index in [1.807, 2.05) is 0 Å². The number of rotatable bonds is 2. The predicted octanol–water partition coefficient (Wildman–Crippen LogP) is 5.03. The third kappa shape index (κ3) is 5.16. The number of carbonyl (C=O) groups is 2. The number of aryl methyl sites for hydroxylation is 1. The van der Waals surface area contributed by atoms with Gasteiger partial charge in [0.2, 0.25) is 0 Å². The van der Waals surface area contributed by atoms with Crippen LogP contribution in [0.25, 0.3) is 0 Å². The summed E-state index contributed by atoms with van der Waals surface area (Å²) in [4.78, 5) is 30.3. The molecule has 2 rings (SSSR count). The van der Waals surface area contributed by atoms with Crippen molar-refractivity contribution in [3.8, 4) is 0 Å². The van der Waals surface area contributed by atoms with E-state index in [9.17, 15) is 14.0 Å². The van der Waals surface area contributed by atoms with E-state index in [-0.39, 0.29) is 11.4 Å². The number of ether oxygens (including phenoxy) is 2. The maximum Gasteiger partial charge on any atom is 0.424 e. The molecule has 6 nitrogen and oxygen atoms in total. The number of hydrogen-bond acceptors (Lipinski definition) is 5. The van der Waals surface area contributed by atoms with Crippen molar-refractivity contribution in [1.29, 1.82) is 0 Å². The normalized spacial score (nSPS) is 16.0. The molecule has 0 radical (unpaired) electrons. The first kappa shape index (κ1) is 20.1. The summed E-state index contributed by atoms with van der Waals surface area (Å²) in [6.45, 7) is 11.9. The number of halogens is 1. The molecule has 1 saturated carbocycles. The zero-order chi connectivity index (χ0) is 19.9. The molecule has 1 aliphatic rings. The minimum absolute atomic E-state index is 0.180. The number of hydrogen-bond donors (Lipinski definition) is 0. The lowest BCUT2D eigenvalue weighted by molar-refractivity contribution is 0.0430. The van der Waals surface area contributed by atoms with Gasteiger partial charge in [0.15, 0.2) is 5.67 Å². The van der Waals surface area contributed by atoms with Crippen LogP contribution in [0.1, 0.15) is 65.8 Å². The second kappa shape index (κ2) is 6.52. The summed E-state index contributed by atoms with van der Waals surface area (Å²) in [5, 5.41) is 0. The van der Waals surface area contributed by atoms with Gasteiger partial charge in [0.25, 0.3) is 0 Å². The van der Waals surface area contributed by atoms with Crippen LogP contribution in [0.2, 0.25) is 0 Å². The van der Waals surface area contributed by atoms with Crippen LogP contribution in [-0.4, -0.2) is 28.4 Å². The number of pyridine rings is 1. The molecule has 26 heavy (non-hydrogen) atoms. The highest BCUT2D eigenvalue weighted by Gasteiger charge is 2.47. The molecule has 0 saturated heterocycles. The van der Waals surface area contributed by atoms with Crippen molar-refractivity contribution in [3.63, 3.8) is 0 Å². The van der Waals surface area contributed by atoms with Crippen molar-refractivity contribution in [2.24, 2.45) is 0 Å². The number of anilines is 1. The van der Waals surface area contributed by atoms with E-state index in [0.29, 0.717) is 18.5 Å². The molecule has 0 unspecified atom stereocenters. The van der Waals surface area contributed by atoms with Gasteiger partial charge in [-0.15, -0.1) is 0 Å². The Morgan fingerprint density at radius 3 is 1.88 bits per heavy atom. The van der Waals surface area contributed by atoms with Gasteiger partial charge < -0.3 is 9.47 Å². The third-order valence-electron chi connectivity index (χ3n) is 3.50. The number of aromatic nitrogens is 1. The van der Waals surface area contributed by atoms with Gasteiger partial charge in [0.05, 0.1) is 11.4 Å². The van der Waals surface area contributed by atoms with Gasteiger partial charge in [-0.1, -0.05) is 0 Å². The molecule has 2 amide bonds. The van der Waals surface area contributed by atoms with Crippen LogP contribution in [0.3, 0.4) is 0 Å². The van der Waals surface area contributed by atoms with Gasteiger partial charge in [-0.25, -0.2) is 14.0 Å². The van der Waals surface area contributed by atoms with Crippen LogP contribution in [-0.2, 0) is 15.1 Å². The molecule has 0 atom stereocenters. The Kier molecular flexibility index (Phi) is 5.05. The summed E-state index contributed by atoms with van der Waals surface area (Å²) in [5.74, 6) is 0. The van der Waals surface area contributed by atoms with E-state index in [4.69, 9.17) is 9.47 Å². The fraction of sp³-hybridized carbons (Fsp3) is 0.632. The summed E-state index contributed by atoms with van der Waals surface area (Å²) in [6.07, 6.45) is -1.01. The Morgan fingerprint density at radius 2 is 1.50 bits per heavy atom. The predicted molar refractivity (Wildman–Crippen MR) is 95.9 cm³/mol. The number of alkyl halides is 1. The lowest BCUT2D eigenvalue weighted by atomic mass is 10.1. The van der Waals surface area contributed by atoms with Crippen molar-refractivity contribution in [1.82, 2.24) is 4.98 Å². The number of imide groups is 1. The second-order valence-electron chi connectivity index (χ2n) is 8.61. The fourth-order valence-electron chi connectivity index (χ4n) is 2.28. The molecule has 0 bridgehead atoms. The molecular formula is C19H27FN2O4. The first-order valence-electron chi connectivity index (χ1n) is 8.64. The van der Waals surface area contributed by atoms with Crippen molar-refractivity contribution >= 4 is 17.9 Å². The van der Waals surface area contributed by atoms with Crippen LogP contribution in [0, 0.1) is 6.92 Å². The van der Waals surface area contributed by atoms with Gasteiger partial charge in [-0.2, -0.15) is 4.90 Å². The van der Waals surface area contributed by atoms with E-state index in [2.05, 4.69) is 4.98 Å². The minimum Gasteiger partial charge on any atom is -0.443 e. The average Bonchev–Trinajstić information content (AvgIpc) is 3.13. The molecule has 0 aliphatic heterocycles. The van der Waals surface area contributed by atoms with Crippen molar-refractivity contribution < 1.29 is 23.5 Å². The summed E-state index contributed by atoms with van der Waals surface area (Å²) in [7, 11) is 0. The molecular weight excluding hydrogens is 339 g/mol. The van der Waals surface area contributed by atoms with Gasteiger partial charge in [0, 0.05) is 5.69 Å². The standard InChI is InChI=1S/C19H27FN2O4/c1-12-10-13(11-14(21-12)19(20)8-9-19)22(15(23)25-17(2,3)4)16(24)26-18(5,6)7/h10-11H,8-9H2,1-7H3. The molecule has 1 fully saturated rings. The Hall–Kier alpha value is -2.18. The van der Waals surface area contributed by atoms with Gasteiger partial charge >= 0.3 is 12.2 Å². The Morgan fingerprint density at radius 1 is 1.04 bits per heavy atom. The third-order valence-corrected chi connectivity index (χ3v) is 3.50. The number of nitrogens with zero attached hydrogens (tertiary/aromatic N) is 2. The van der Waals surface area contributed by atoms with Gasteiger partial charge in [-0.3, -0.25) is 4.98 Å². The van der Waals surface area contributed by atoms with Gasteiger partial charge in [0.1, 0.15) is 11.2 Å². The Bertz CT molecular complexity index is 687. The molecule has 0 aromatic carbocycles. The van der Waals surface area contributed by atoms with Crippen LogP contribution >= 0.6 is 0 Å².